The van der Waals surface area contributed by atoms with Crippen molar-refractivity contribution >= 4 is 24.0 Å². The summed E-state index contributed by atoms with van der Waals surface area (Å²) in [6.45, 7) is 1.04. The number of halogens is 3. The van der Waals surface area contributed by atoms with Crippen molar-refractivity contribution in [2.75, 3.05) is 13.2 Å². The molecule has 0 fully saturated rings. The monoisotopic (exact) mass is 476 g/mol. The Hall–Kier alpha value is -3.51. The van der Waals surface area contributed by atoms with E-state index in [1.165, 1.54) is 0 Å². The number of nitrogens with two attached hydrogens (primary N) is 1. The Morgan fingerprint density at radius 3 is 2.27 bits per heavy atom. The zero-order valence-electron chi connectivity index (χ0n) is 18.2. The van der Waals surface area contributed by atoms with Crippen LogP contribution in [0.25, 0.3) is 0 Å². The van der Waals surface area contributed by atoms with Gasteiger partial charge in [-0.1, -0.05) is 44.2 Å². The first-order chi connectivity index (χ1) is 15.4. The molecule has 13 heteroatoms. The number of hydrazine groups is 1. The first-order valence-electron chi connectivity index (χ1n) is 9.94. The van der Waals surface area contributed by atoms with Gasteiger partial charge < -0.3 is 20.5 Å². The van der Waals surface area contributed by atoms with Crippen molar-refractivity contribution in [3.8, 4) is 0 Å². The van der Waals surface area contributed by atoms with Gasteiger partial charge in [-0.15, -0.1) is 0 Å². The molecule has 0 saturated carbocycles. The van der Waals surface area contributed by atoms with E-state index in [1.807, 2.05) is 0 Å². The van der Waals surface area contributed by atoms with Crippen molar-refractivity contribution in [1.29, 1.82) is 0 Å². The summed E-state index contributed by atoms with van der Waals surface area (Å²) in [6.07, 6.45) is -7.59. The number of rotatable bonds is 10. The molecule has 0 heterocycles. The molecule has 1 aromatic carbocycles. The molecule has 0 aromatic heterocycles. The molecule has 0 aliphatic rings. The number of alkyl halides is 3. The van der Waals surface area contributed by atoms with Crippen LogP contribution < -0.4 is 16.5 Å². The van der Waals surface area contributed by atoms with Crippen LogP contribution in [-0.4, -0.2) is 54.4 Å². The Bertz CT molecular complexity index is 805. The van der Waals surface area contributed by atoms with E-state index in [4.69, 9.17) is 10.5 Å². The second kappa shape index (κ2) is 13.1. The molecule has 0 aliphatic carbocycles. The zero-order valence-corrected chi connectivity index (χ0v) is 18.2. The molecule has 0 spiro atoms. The summed E-state index contributed by atoms with van der Waals surface area (Å²) in [5.41, 5.74) is 7.78. The van der Waals surface area contributed by atoms with Gasteiger partial charge in [0.2, 0.25) is 5.91 Å². The number of nitrogens with one attached hydrogen (secondary N) is 2. The minimum Gasteiger partial charge on any atom is -0.445 e. The Kier molecular flexibility index (Phi) is 11.0. The van der Waals surface area contributed by atoms with E-state index < -0.39 is 55.8 Å². The zero-order chi connectivity index (χ0) is 25.0. The highest BCUT2D eigenvalue weighted by Gasteiger charge is 2.32. The van der Waals surface area contributed by atoms with E-state index >= 15 is 0 Å². The maximum absolute atomic E-state index is 12.7. The van der Waals surface area contributed by atoms with Crippen molar-refractivity contribution in [2.45, 2.75) is 45.5 Å². The number of benzene rings is 1. The average molecular weight is 476 g/mol. The molecular formula is C20H27F3N4O6. The number of amides is 4. The lowest BCUT2D eigenvalue weighted by atomic mass is 10.0. The summed E-state index contributed by atoms with van der Waals surface area (Å²) in [7, 11) is 0. The highest BCUT2D eigenvalue weighted by atomic mass is 19.4. The molecule has 4 N–H and O–H groups in total. The molecule has 33 heavy (non-hydrogen) atoms. The maximum Gasteiger partial charge on any atom is 0.429 e. The number of primary amides is 1. The van der Waals surface area contributed by atoms with E-state index in [1.54, 1.807) is 44.2 Å². The van der Waals surface area contributed by atoms with Crippen molar-refractivity contribution in [2.24, 2.45) is 11.7 Å². The number of hydrogen-bond donors (Lipinski definition) is 3. The van der Waals surface area contributed by atoms with Crippen LogP contribution in [-0.2, 0) is 25.7 Å². The Morgan fingerprint density at radius 2 is 1.73 bits per heavy atom. The number of hydrogen-bond acceptors (Lipinski definition) is 6. The summed E-state index contributed by atoms with van der Waals surface area (Å²) in [5.74, 6) is -1.88. The van der Waals surface area contributed by atoms with Gasteiger partial charge in [-0.3, -0.25) is 15.0 Å². The van der Waals surface area contributed by atoms with Crippen LogP contribution in [0.3, 0.4) is 0 Å². The molecule has 1 aromatic rings. The van der Waals surface area contributed by atoms with Gasteiger partial charge in [0.1, 0.15) is 12.6 Å². The molecule has 4 amide bonds. The minimum atomic E-state index is -4.79. The molecule has 0 saturated heterocycles. The number of carbonyl (C=O) groups excluding carboxylic acids is 4. The van der Waals surface area contributed by atoms with E-state index in [0.717, 1.165) is 0 Å². The summed E-state index contributed by atoms with van der Waals surface area (Å²) in [4.78, 5) is 47.8. The fourth-order valence-corrected chi connectivity index (χ4v) is 2.46. The number of ether oxygens (including phenoxy) is 2. The van der Waals surface area contributed by atoms with Gasteiger partial charge in [-0.05, 0) is 17.9 Å². The predicted octanol–water partition coefficient (Wildman–Crippen LogP) is 2.23. The van der Waals surface area contributed by atoms with Crippen LogP contribution in [0.15, 0.2) is 30.3 Å². The van der Waals surface area contributed by atoms with Crippen molar-refractivity contribution < 1.29 is 41.8 Å². The summed E-state index contributed by atoms with van der Waals surface area (Å²) in [5, 5.41) is 2.75. The molecule has 1 atom stereocenters. The highest BCUT2D eigenvalue weighted by Crippen LogP contribution is 2.15. The van der Waals surface area contributed by atoms with E-state index in [-0.39, 0.29) is 18.9 Å². The smallest absolute Gasteiger partial charge is 0.429 e. The summed E-state index contributed by atoms with van der Waals surface area (Å²) in [6, 6.07) is 7.56. The first kappa shape index (κ1) is 27.5. The SMILES string of the molecule is CC(C)CC(NC(=O)OCc1ccccc1)C(=O)NN(CCC(N)=O)C(=O)OCC(F)(F)F. The second-order valence-corrected chi connectivity index (χ2v) is 7.40. The fraction of sp³-hybridized carbons (Fsp3) is 0.500. The predicted molar refractivity (Wildman–Crippen MR) is 109 cm³/mol. The van der Waals surface area contributed by atoms with E-state index in [0.29, 0.717) is 10.6 Å². The first-order valence-corrected chi connectivity index (χ1v) is 9.94. The van der Waals surface area contributed by atoms with Gasteiger partial charge in [0, 0.05) is 6.42 Å². The quantitative estimate of drug-likeness (QED) is 0.443. The molecule has 10 nitrogen and oxygen atoms in total. The fourth-order valence-electron chi connectivity index (χ4n) is 2.46. The highest BCUT2D eigenvalue weighted by molar-refractivity contribution is 5.87. The molecule has 1 rings (SSSR count). The van der Waals surface area contributed by atoms with Gasteiger partial charge in [-0.2, -0.15) is 13.2 Å². The van der Waals surface area contributed by atoms with Crippen LogP contribution in [0.5, 0.6) is 0 Å². The van der Waals surface area contributed by atoms with Gasteiger partial charge in [-0.25, -0.2) is 14.6 Å². The molecule has 0 radical (unpaired) electrons. The molecule has 0 aliphatic heterocycles. The lowest BCUT2D eigenvalue weighted by Crippen LogP contribution is -2.55. The van der Waals surface area contributed by atoms with Crippen LogP contribution in [0.1, 0.15) is 32.3 Å². The van der Waals surface area contributed by atoms with Gasteiger partial charge in [0.25, 0.3) is 5.91 Å². The number of nitrogens with zero attached hydrogens (tertiary/aromatic N) is 1. The van der Waals surface area contributed by atoms with Crippen molar-refractivity contribution in [3.05, 3.63) is 35.9 Å². The largest absolute Gasteiger partial charge is 0.445 e. The van der Waals surface area contributed by atoms with E-state index in [9.17, 15) is 32.3 Å². The minimum absolute atomic E-state index is 0.0583. The third-order valence-corrected chi connectivity index (χ3v) is 3.94. The lowest BCUT2D eigenvalue weighted by molar-refractivity contribution is -0.163. The standard InChI is InChI=1S/C20H27F3N4O6/c1-13(2)10-15(25-18(30)32-11-14-6-4-3-5-7-14)17(29)26-27(9-8-16(24)28)19(31)33-12-20(21,22)23/h3-7,13,15H,8-12H2,1-2H3,(H2,24,28)(H,25,30)(H,26,29). The number of carbonyl (C=O) groups is 4. The van der Waals surface area contributed by atoms with Gasteiger partial charge in [0.15, 0.2) is 6.61 Å². The molecular weight excluding hydrogens is 449 g/mol. The third-order valence-electron chi connectivity index (χ3n) is 3.94. The number of alkyl carbamates (subject to hydrolysis) is 1. The summed E-state index contributed by atoms with van der Waals surface area (Å²) >= 11 is 0. The second-order valence-electron chi connectivity index (χ2n) is 7.40. The van der Waals surface area contributed by atoms with Crippen LogP contribution in [0, 0.1) is 5.92 Å². The molecule has 0 bridgehead atoms. The summed E-state index contributed by atoms with van der Waals surface area (Å²) < 4.78 is 46.2. The van der Waals surface area contributed by atoms with E-state index in [2.05, 4.69) is 15.5 Å². The molecule has 1 unspecified atom stereocenters. The van der Waals surface area contributed by atoms with Crippen LogP contribution in [0.4, 0.5) is 22.8 Å². The normalized spacial score (nSPS) is 11.9. The van der Waals surface area contributed by atoms with Crippen molar-refractivity contribution in [1.82, 2.24) is 15.8 Å². The molecule has 184 valence electrons. The van der Waals surface area contributed by atoms with Gasteiger partial charge in [0.05, 0.1) is 6.54 Å². The maximum atomic E-state index is 12.7. The third kappa shape index (κ3) is 12.2. The lowest BCUT2D eigenvalue weighted by Gasteiger charge is -2.26. The average Bonchev–Trinajstić information content (AvgIpc) is 2.72. The Morgan fingerprint density at radius 1 is 1.09 bits per heavy atom. The topological polar surface area (TPSA) is 140 Å². The van der Waals surface area contributed by atoms with Crippen LogP contribution >= 0.6 is 0 Å². The van der Waals surface area contributed by atoms with Crippen molar-refractivity contribution in [3.63, 3.8) is 0 Å². The Labute approximate surface area is 188 Å². The van der Waals surface area contributed by atoms with Gasteiger partial charge >= 0.3 is 18.4 Å². The Balaban J connectivity index is 2.81. The van der Waals surface area contributed by atoms with Crippen LogP contribution in [0.2, 0.25) is 0 Å².